The zero-order valence-electron chi connectivity index (χ0n) is 15.5. The molecule has 3 N–H and O–H groups in total. The first-order valence-corrected chi connectivity index (χ1v) is 10.4. The van der Waals surface area contributed by atoms with E-state index in [-0.39, 0.29) is 11.9 Å². The minimum Gasteiger partial charge on any atom is -0.368 e. The molecule has 2 aromatic heterocycles. The number of amides is 1. The fourth-order valence-corrected chi connectivity index (χ4v) is 4.37. The van der Waals surface area contributed by atoms with E-state index in [1.165, 1.54) is 28.7 Å². The first kappa shape index (κ1) is 19.4. The number of aromatic nitrogens is 4. The van der Waals surface area contributed by atoms with E-state index in [2.05, 4.69) is 20.5 Å². The van der Waals surface area contributed by atoms with Crippen LogP contribution in [0.4, 0.5) is 11.1 Å². The number of aryl methyl sites for hydroxylation is 2. The Morgan fingerprint density at radius 1 is 1.30 bits per heavy atom. The van der Waals surface area contributed by atoms with Crippen LogP contribution in [0.2, 0.25) is 0 Å². The lowest BCUT2D eigenvalue weighted by atomic mass is 10.2. The Kier molecular flexibility index (Phi) is 6.12. The summed E-state index contributed by atoms with van der Waals surface area (Å²) in [4.78, 5) is 18.3. The van der Waals surface area contributed by atoms with Gasteiger partial charge in [0.1, 0.15) is 6.04 Å². The average Bonchev–Trinajstić information content (AvgIpc) is 3.17. The standard InChI is InChI=1S/C18H22N6OS2/c1-4-14(15(25)21-17-20-11(2)12(3)27-17)24-16(19)22-23-18(24)26-10-13-8-6-5-7-9-13/h5-9,14H,4,10H2,1-3H3,(H2,19,22)(H,20,21,25). The zero-order valence-corrected chi connectivity index (χ0v) is 17.1. The molecule has 0 saturated heterocycles. The lowest BCUT2D eigenvalue weighted by Gasteiger charge is -2.18. The van der Waals surface area contributed by atoms with E-state index in [1.807, 2.05) is 51.1 Å². The number of hydrogen-bond donors (Lipinski definition) is 2. The van der Waals surface area contributed by atoms with Gasteiger partial charge in [-0.05, 0) is 25.8 Å². The molecule has 0 aliphatic rings. The van der Waals surface area contributed by atoms with Gasteiger partial charge in [-0.2, -0.15) is 0 Å². The molecule has 0 spiro atoms. The van der Waals surface area contributed by atoms with Gasteiger partial charge in [-0.25, -0.2) is 4.98 Å². The Labute approximate surface area is 166 Å². The summed E-state index contributed by atoms with van der Waals surface area (Å²) in [5.74, 6) is 0.792. The topological polar surface area (TPSA) is 98.7 Å². The second-order valence-electron chi connectivity index (χ2n) is 6.06. The molecule has 7 nitrogen and oxygen atoms in total. The number of hydrogen-bond acceptors (Lipinski definition) is 7. The number of nitrogens with zero attached hydrogens (tertiary/aromatic N) is 4. The van der Waals surface area contributed by atoms with Crippen molar-refractivity contribution >= 4 is 40.1 Å². The van der Waals surface area contributed by atoms with Crippen LogP contribution >= 0.6 is 23.1 Å². The summed E-state index contributed by atoms with van der Waals surface area (Å²) in [6.07, 6.45) is 0.566. The van der Waals surface area contributed by atoms with Crippen molar-refractivity contribution in [3.8, 4) is 0 Å². The molecule has 0 bridgehead atoms. The molecule has 9 heteroatoms. The van der Waals surface area contributed by atoms with Crippen LogP contribution < -0.4 is 11.1 Å². The van der Waals surface area contributed by atoms with Crippen molar-refractivity contribution in [1.29, 1.82) is 0 Å². The first-order chi connectivity index (χ1) is 13.0. The number of rotatable bonds is 7. The summed E-state index contributed by atoms with van der Waals surface area (Å²) in [6.45, 7) is 5.85. The van der Waals surface area contributed by atoms with Crippen LogP contribution in [0.15, 0.2) is 35.5 Å². The van der Waals surface area contributed by atoms with Gasteiger partial charge >= 0.3 is 0 Å². The summed E-state index contributed by atoms with van der Waals surface area (Å²) < 4.78 is 1.70. The number of anilines is 2. The van der Waals surface area contributed by atoms with Gasteiger partial charge < -0.3 is 11.1 Å². The summed E-state index contributed by atoms with van der Waals surface area (Å²) in [7, 11) is 0. The van der Waals surface area contributed by atoms with Gasteiger partial charge in [-0.1, -0.05) is 49.0 Å². The summed E-state index contributed by atoms with van der Waals surface area (Å²) in [5.41, 5.74) is 8.12. The minimum atomic E-state index is -0.497. The predicted molar refractivity (Wildman–Crippen MR) is 110 cm³/mol. The molecule has 3 rings (SSSR count). The molecule has 0 fully saturated rings. The fourth-order valence-electron chi connectivity index (χ4n) is 2.60. The van der Waals surface area contributed by atoms with Crippen LogP contribution in [0.5, 0.6) is 0 Å². The van der Waals surface area contributed by atoms with Gasteiger partial charge in [0, 0.05) is 10.6 Å². The number of nitrogens with one attached hydrogen (secondary N) is 1. The van der Waals surface area contributed by atoms with E-state index in [9.17, 15) is 4.79 Å². The highest BCUT2D eigenvalue weighted by molar-refractivity contribution is 7.98. The molecule has 0 aliphatic heterocycles. The molecule has 0 radical (unpaired) electrons. The molecule has 1 atom stereocenters. The number of nitrogen functional groups attached to an aromatic ring is 1. The second kappa shape index (κ2) is 8.53. The van der Waals surface area contributed by atoms with Gasteiger partial charge in [-0.15, -0.1) is 21.5 Å². The Balaban J connectivity index is 1.78. The molecule has 142 valence electrons. The maximum absolute atomic E-state index is 12.9. The quantitative estimate of drug-likeness (QED) is 0.583. The first-order valence-electron chi connectivity index (χ1n) is 8.61. The van der Waals surface area contributed by atoms with Crippen molar-refractivity contribution in [3.05, 3.63) is 46.5 Å². The Hall–Kier alpha value is -2.39. The Bertz CT molecular complexity index is 902. The molecule has 0 aliphatic carbocycles. The van der Waals surface area contributed by atoms with Crippen molar-refractivity contribution in [2.45, 2.75) is 44.1 Å². The molecule has 2 heterocycles. The van der Waals surface area contributed by atoms with Crippen molar-refractivity contribution in [2.24, 2.45) is 0 Å². The van der Waals surface area contributed by atoms with E-state index in [0.29, 0.717) is 16.7 Å². The molecule has 3 aromatic rings. The van der Waals surface area contributed by atoms with E-state index in [4.69, 9.17) is 5.73 Å². The minimum absolute atomic E-state index is 0.167. The van der Waals surface area contributed by atoms with Crippen molar-refractivity contribution in [1.82, 2.24) is 19.7 Å². The van der Waals surface area contributed by atoms with Crippen LogP contribution in [0.1, 0.15) is 35.5 Å². The highest BCUT2D eigenvalue weighted by Crippen LogP contribution is 2.29. The molecular weight excluding hydrogens is 380 g/mol. The monoisotopic (exact) mass is 402 g/mol. The SMILES string of the molecule is CCC(C(=O)Nc1nc(C)c(C)s1)n1c(N)nnc1SCc1ccccc1. The van der Waals surface area contributed by atoms with Gasteiger partial charge in [0.15, 0.2) is 10.3 Å². The predicted octanol–water partition coefficient (Wildman–Crippen LogP) is 3.82. The molecular formula is C18H22N6OS2. The van der Waals surface area contributed by atoms with Crippen molar-refractivity contribution in [2.75, 3.05) is 11.1 Å². The normalized spacial score (nSPS) is 12.1. The number of benzene rings is 1. The van der Waals surface area contributed by atoms with Gasteiger partial charge in [-0.3, -0.25) is 9.36 Å². The van der Waals surface area contributed by atoms with Crippen molar-refractivity contribution in [3.63, 3.8) is 0 Å². The van der Waals surface area contributed by atoms with E-state index >= 15 is 0 Å². The molecule has 0 saturated carbocycles. The van der Waals surface area contributed by atoms with Crippen LogP contribution in [0.3, 0.4) is 0 Å². The van der Waals surface area contributed by atoms with Crippen LogP contribution in [-0.2, 0) is 10.5 Å². The van der Waals surface area contributed by atoms with Crippen LogP contribution in [-0.4, -0.2) is 25.7 Å². The largest absolute Gasteiger partial charge is 0.368 e. The van der Waals surface area contributed by atoms with E-state index in [1.54, 1.807) is 4.57 Å². The molecule has 1 unspecified atom stereocenters. The zero-order chi connectivity index (χ0) is 19.4. The van der Waals surface area contributed by atoms with Gasteiger partial charge in [0.05, 0.1) is 5.69 Å². The number of nitrogens with two attached hydrogens (primary N) is 1. The van der Waals surface area contributed by atoms with E-state index in [0.717, 1.165) is 16.3 Å². The highest BCUT2D eigenvalue weighted by atomic mass is 32.2. The third-order valence-corrected chi connectivity index (χ3v) is 6.16. The smallest absolute Gasteiger partial charge is 0.249 e. The molecule has 27 heavy (non-hydrogen) atoms. The second-order valence-corrected chi connectivity index (χ2v) is 8.20. The maximum Gasteiger partial charge on any atom is 0.249 e. The van der Waals surface area contributed by atoms with Crippen LogP contribution in [0, 0.1) is 13.8 Å². The highest BCUT2D eigenvalue weighted by Gasteiger charge is 2.25. The number of thiazole rings is 1. The maximum atomic E-state index is 12.9. The molecule has 1 aromatic carbocycles. The summed E-state index contributed by atoms with van der Waals surface area (Å²) in [6, 6.07) is 9.57. The summed E-state index contributed by atoms with van der Waals surface area (Å²) in [5, 5.41) is 12.3. The van der Waals surface area contributed by atoms with Gasteiger partial charge in [0.2, 0.25) is 11.9 Å². The van der Waals surface area contributed by atoms with Crippen molar-refractivity contribution < 1.29 is 4.79 Å². The van der Waals surface area contributed by atoms with Crippen LogP contribution in [0.25, 0.3) is 0 Å². The number of carbonyl (C=O) groups excluding carboxylic acids is 1. The van der Waals surface area contributed by atoms with Gasteiger partial charge in [0.25, 0.3) is 0 Å². The third-order valence-electron chi connectivity index (χ3n) is 4.16. The van der Waals surface area contributed by atoms with E-state index < -0.39 is 6.04 Å². The lowest BCUT2D eigenvalue weighted by Crippen LogP contribution is -2.27. The third kappa shape index (κ3) is 4.48. The fraction of sp³-hybridized carbons (Fsp3) is 0.333. The summed E-state index contributed by atoms with van der Waals surface area (Å²) >= 11 is 2.98. The average molecular weight is 403 g/mol. The number of carbonyl (C=O) groups is 1. The molecule has 1 amide bonds. The lowest BCUT2D eigenvalue weighted by molar-refractivity contribution is -0.119. The number of thioether (sulfide) groups is 1. The Morgan fingerprint density at radius 3 is 2.67 bits per heavy atom. The Morgan fingerprint density at radius 2 is 2.04 bits per heavy atom.